The van der Waals surface area contributed by atoms with E-state index in [1.54, 1.807) is 18.3 Å². The lowest BCUT2D eigenvalue weighted by molar-refractivity contribution is 0.0691. The van der Waals surface area contributed by atoms with Crippen molar-refractivity contribution in [3.8, 4) is 0 Å². The Hall–Kier alpha value is -2.20. The third kappa shape index (κ3) is 2.69. The summed E-state index contributed by atoms with van der Waals surface area (Å²) in [6, 6.07) is 1.49. The monoisotopic (exact) mass is 192 g/mol. The van der Waals surface area contributed by atoms with Crippen LogP contribution in [0.4, 0.5) is 0 Å². The Balaban J connectivity index is 2.63. The molecule has 0 bridgehead atoms. The Morgan fingerprint density at radius 1 is 1.79 bits per heavy atom. The first-order valence-electron chi connectivity index (χ1n) is 3.83. The SMILES string of the molecule is [N-]=[N+]=NCC=Cc1c[nH]c(C(=O)O)c1. The van der Waals surface area contributed by atoms with Gasteiger partial charge in [0.25, 0.3) is 0 Å². The number of carbonyl (C=O) groups is 1. The molecular formula is C8H8N4O2. The van der Waals surface area contributed by atoms with Crippen molar-refractivity contribution in [2.45, 2.75) is 0 Å². The quantitative estimate of drug-likeness (QED) is 0.433. The summed E-state index contributed by atoms with van der Waals surface area (Å²) in [5.74, 6) is -1.00. The van der Waals surface area contributed by atoms with E-state index in [1.165, 1.54) is 6.07 Å². The molecule has 0 spiro atoms. The number of aromatic amines is 1. The number of rotatable bonds is 4. The first kappa shape index (κ1) is 9.88. The van der Waals surface area contributed by atoms with Crippen molar-refractivity contribution in [3.05, 3.63) is 40.0 Å². The minimum Gasteiger partial charge on any atom is -0.477 e. The lowest BCUT2D eigenvalue weighted by Crippen LogP contribution is -1.94. The van der Waals surface area contributed by atoms with Crippen LogP contribution in [-0.4, -0.2) is 22.6 Å². The number of nitrogens with zero attached hydrogens (tertiary/aromatic N) is 3. The number of H-pyrrole nitrogens is 1. The van der Waals surface area contributed by atoms with E-state index in [1.807, 2.05) is 0 Å². The number of aromatic carboxylic acids is 1. The molecule has 6 nitrogen and oxygen atoms in total. The van der Waals surface area contributed by atoms with Crippen LogP contribution in [0.5, 0.6) is 0 Å². The summed E-state index contributed by atoms with van der Waals surface area (Å²) in [5.41, 5.74) is 8.85. The number of carboxylic acids is 1. The fourth-order valence-electron chi connectivity index (χ4n) is 0.903. The van der Waals surface area contributed by atoms with E-state index in [0.717, 1.165) is 5.56 Å². The van der Waals surface area contributed by atoms with Gasteiger partial charge in [0, 0.05) is 17.7 Å². The van der Waals surface area contributed by atoms with E-state index >= 15 is 0 Å². The molecule has 0 fully saturated rings. The zero-order valence-corrected chi connectivity index (χ0v) is 7.21. The van der Waals surface area contributed by atoms with Crippen LogP contribution in [0.25, 0.3) is 16.5 Å². The molecule has 0 atom stereocenters. The van der Waals surface area contributed by atoms with Crippen LogP contribution in [0, 0.1) is 0 Å². The minimum absolute atomic E-state index is 0.133. The van der Waals surface area contributed by atoms with Gasteiger partial charge < -0.3 is 10.1 Å². The molecule has 0 saturated carbocycles. The molecule has 1 aromatic rings. The molecule has 0 radical (unpaired) electrons. The highest BCUT2D eigenvalue weighted by atomic mass is 16.4. The molecule has 14 heavy (non-hydrogen) atoms. The van der Waals surface area contributed by atoms with Gasteiger partial charge in [-0.2, -0.15) is 0 Å². The van der Waals surface area contributed by atoms with E-state index in [2.05, 4.69) is 15.0 Å². The lowest BCUT2D eigenvalue weighted by Gasteiger charge is -1.82. The number of nitrogens with one attached hydrogen (secondary N) is 1. The molecule has 2 N–H and O–H groups in total. The second-order valence-corrected chi connectivity index (χ2v) is 2.47. The van der Waals surface area contributed by atoms with Gasteiger partial charge >= 0.3 is 5.97 Å². The maximum absolute atomic E-state index is 10.5. The van der Waals surface area contributed by atoms with E-state index < -0.39 is 5.97 Å². The van der Waals surface area contributed by atoms with Crippen molar-refractivity contribution in [2.24, 2.45) is 5.11 Å². The molecule has 0 aliphatic heterocycles. The Kier molecular flexibility index (Phi) is 3.34. The Morgan fingerprint density at radius 3 is 3.14 bits per heavy atom. The predicted molar refractivity (Wildman–Crippen MR) is 50.8 cm³/mol. The second-order valence-electron chi connectivity index (χ2n) is 2.47. The summed E-state index contributed by atoms with van der Waals surface area (Å²) < 4.78 is 0. The van der Waals surface area contributed by atoms with Gasteiger partial charge in [-0.15, -0.1) is 0 Å². The van der Waals surface area contributed by atoms with Crippen molar-refractivity contribution in [3.63, 3.8) is 0 Å². The van der Waals surface area contributed by atoms with Gasteiger partial charge in [0.1, 0.15) is 5.69 Å². The van der Waals surface area contributed by atoms with Gasteiger partial charge in [0.2, 0.25) is 0 Å². The lowest BCUT2D eigenvalue weighted by atomic mass is 10.3. The predicted octanol–water partition coefficient (Wildman–Crippen LogP) is 2.04. The smallest absolute Gasteiger partial charge is 0.352 e. The highest BCUT2D eigenvalue weighted by Crippen LogP contribution is 2.05. The third-order valence-corrected chi connectivity index (χ3v) is 1.50. The van der Waals surface area contributed by atoms with Crippen molar-refractivity contribution in [1.82, 2.24) is 4.98 Å². The summed E-state index contributed by atoms with van der Waals surface area (Å²) >= 11 is 0. The average molecular weight is 192 g/mol. The molecule has 0 amide bonds. The normalized spacial score (nSPS) is 10.0. The summed E-state index contributed by atoms with van der Waals surface area (Å²) in [4.78, 5) is 15.6. The first-order valence-corrected chi connectivity index (χ1v) is 3.83. The molecule has 6 heteroatoms. The van der Waals surface area contributed by atoms with Crippen LogP contribution in [-0.2, 0) is 0 Å². The number of azide groups is 1. The topological polar surface area (TPSA) is 102 Å². The van der Waals surface area contributed by atoms with Crippen LogP contribution in [0.1, 0.15) is 16.1 Å². The molecule has 1 aromatic heterocycles. The summed E-state index contributed by atoms with van der Waals surface area (Å²) in [7, 11) is 0. The van der Waals surface area contributed by atoms with Crippen LogP contribution in [0.15, 0.2) is 23.5 Å². The zero-order valence-electron chi connectivity index (χ0n) is 7.21. The van der Waals surface area contributed by atoms with Crippen LogP contribution in [0.2, 0.25) is 0 Å². The Labute approximate surface area is 79.5 Å². The molecule has 72 valence electrons. The fourth-order valence-corrected chi connectivity index (χ4v) is 0.903. The molecule has 0 unspecified atom stereocenters. The van der Waals surface area contributed by atoms with Crippen LogP contribution >= 0.6 is 0 Å². The standard InChI is InChI=1S/C8H8N4O2/c9-12-11-3-1-2-6-4-7(8(13)14)10-5-6/h1-2,4-5,10H,3H2,(H,13,14). The molecular weight excluding hydrogens is 184 g/mol. The summed E-state index contributed by atoms with van der Waals surface area (Å²) in [6.07, 6.45) is 4.89. The number of aromatic nitrogens is 1. The first-order chi connectivity index (χ1) is 6.74. The van der Waals surface area contributed by atoms with Gasteiger partial charge in [-0.05, 0) is 17.2 Å². The van der Waals surface area contributed by atoms with Crippen molar-refractivity contribution < 1.29 is 9.90 Å². The zero-order chi connectivity index (χ0) is 10.4. The van der Waals surface area contributed by atoms with E-state index in [-0.39, 0.29) is 12.2 Å². The van der Waals surface area contributed by atoms with Gasteiger partial charge in [-0.3, -0.25) is 0 Å². The molecule has 0 saturated heterocycles. The fraction of sp³-hybridized carbons (Fsp3) is 0.125. The van der Waals surface area contributed by atoms with E-state index in [4.69, 9.17) is 10.6 Å². The van der Waals surface area contributed by atoms with Crippen LogP contribution < -0.4 is 0 Å². The van der Waals surface area contributed by atoms with Gasteiger partial charge in [-0.1, -0.05) is 17.3 Å². The van der Waals surface area contributed by atoms with Crippen LogP contribution in [0.3, 0.4) is 0 Å². The highest BCUT2D eigenvalue weighted by molar-refractivity contribution is 5.86. The van der Waals surface area contributed by atoms with Gasteiger partial charge in [0.15, 0.2) is 0 Å². The van der Waals surface area contributed by atoms with Crippen molar-refractivity contribution in [1.29, 1.82) is 0 Å². The summed E-state index contributed by atoms with van der Waals surface area (Å²) in [5, 5.41) is 11.9. The Morgan fingerprint density at radius 2 is 2.57 bits per heavy atom. The van der Waals surface area contributed by atoms with Gasteiger partial charge in [0.05, 0.1) is 0 Å². The third-order valence-electron chi connectivity index (χ3n) is 1.50. The minimum atomic E-state index is -1.00. The number of carboxylic acid groups (broad SMARTS) is 1. The second kappa shape index (κ2) is 4.74. The number of hydrogen-bond donors (Lipinski definition) is 2. The van der Waals surface area contributed by atoms with Crippen molar-refractivity contribution >= 4 is 12.0 Å². The van der Waals surface area contributed by atoms with E-state index in [0.29, 0.717) is 0 Å². The molecule has 0 aliphatic carbocycles. The molecule has 0 aliphatic rings. The maximum atomic E-state index is 10.5. The van der Waals surface area contributed by atoms with E-state index in [9.17, 15) is 4.79 Å². The highest BCUT2D eigenvalue weighted by Gasteiger charge is 2.03. The largest absolute Gasteiger partial charge is 0.477 e. The Bertz CT molecular complexity index is 401. The van der Waals surface area contributed by atoms with Gasteiger partial charge in [-0.25, -0.2) is 4.79 Å². The molecule has 0 aromatic carbocycles. The summed E-state index contributed by atoms with van der Waals surface area (Å²) in [6.45, 7) is 0.254. The number of hydrogen-bond acceptors (Lipinski definition) is 2. The molecule has 1 rings (SSSR count). The molecule has 1 heterocycles. The maximum Gasteiger partial charge on any atom is 0.352 e. The average Bonchev–Trinajstić information content (AvgIpc) is 2.61. The van der Waals surface area contributed by atoms with Crippen molar-refractivity contribution in [2.75, 3.05) is 6.54 Å².